The summed E-state index contributed by atoms with van der Waals surface area (Å²) in [6.07, 6.45) is 9.19. The first kappa shape index (κ1) is 20.6. The number of carbonyl (C=O) groups is 2. The first-order chi connectivity index (χ1) is 15.1. The zero-order valence-electron chi connectivity index (χ0n) is 17.6. The maximum atomic E-state index is 12.8. The molecule has 1 amide bonds. The molecule has 0 atom stereocenters. The highest BCUT2D eigenvalue weighted by Crippen LogP contribution is 2.55. The fourth-order valence-electron chi connectivity index (χ4n) is 6.20. The van der Waals surface area contributed by atoms with Gasteiger partial charge in [0.15, 0.2) is 0 Å². The minimum absolute atomic E-state index is 0.0214. The van der Waals surface area contributed by atoms with E-state index in [4.69, 9.17) is 4.74 Å². The quantitative estimate of drug-likeness (QED) is 0.507. The molecule has 0 saturated heterocycles. The lowest BCUT2D eigenvalue weighted by Gasteiger charge is -2.56. The van der Waals surface area contributed by atoms with Gasteiger partial charge in [-0.15, -0.1) is 11.8 Å². The average molecular weight is 437 g/mol. The summed E-state index contributed by atoms with van der Waals surface area (Å²) in [6, 6.07) is 12.8. The lowest BCUT2D eigenvalue weighted by Crippen LogP contribution is -2.60. The lowest BCUT2D eigenvalue weighted by atomic mass is 9.53. The number of rotatable bonds is 7. The van der Waals surface area contributed by atoms with Crippen LogP contribution in [0.2, 0.25) is 0 Å². The number of nitrogens with zero attached hydrogens (tertiary/aromatic N) is 1. The van der Waals surface area contributed by atoms with E-state index >= 15 is 0 Å². The SMILES string of the molecule is O=C(CSc1ccccc1C(=O)OCc1ccccn1)NC12CC3CC(CC(C3)C1)C2. The topological polar surface area (TPSA) is 68.3 Å². The first-order valence-corrected chi connectivity index (χ1v) is 12.2. The number of thioether (sulfide) groups is 1. The summed E-state index contributed by atoms with van der Waals surface area (Å²) in [5.74, 6) is 2.39. The molecule has 5 nitrogen and oxygen atoms in total. The molecule has 31 heavy (non-hydrogen) atoms. The first-order valence-electron chi connectivity index (χ1n) is 11.2. The van der Waals surface area contributed by atoms with Gasteiger partial charge in [0.05, 0.1) is 17.0 Å². The van der Waals surface area contributed by atoms with E-state index in [0.29, 0.717) is 17.0 Å². The Balaban J connectivity index is 1.18. The fourth-order valence-corrected chi connectivity index (χ4v) is 7.04. The molecule has 2 aromatic rings. The summed E-state index contributed by atoms with van der Waals surface area (Å²) in [5, 5.41) is 3.41. The number of esters is 1. The van der Waals surface area contributed by atoms with Crippen molar-refractivity contribution in [3.63, 3.8) is 0 Å². The van der Waals surface area contributed by atoms with E-state index in [1.54, 1.807) is 12.3 Å². The number of aromatic nitrogens is 1. The number of hydrogen-bond donors (Lipinski definition) is 1. The van der Waals surface area contributed by atoms with Crippen LogP contribution in [0.4, 0.5) is 0 Å². The van der Waals surface area contributed by atoms with Gasteiger partial charge in [-0.25, -0.2) is 4.79 Å². The van der Waals surface area contributed by atoms with Gasteiger partial charge in [0.25, 0.3) is 0 Å². The smallest absolute Gasteiger partial charge is 0.339 e. The summed E-state index contributed by atoms with van der Waals surface area (Å²) in [5.41, 5.74) is 1.22. The third kappa shape index (κ3) is 4.64. The van der Waals surface area contributed by atoms with Gasteiger partial charge < -0.3 is 10.1 Å². The van der Waals surface area contributed by atoms with Crippen molar-refractivity contribution < 1.29 is 14.3 Å². The van der Waals surface area contributed by atoms with Crippen LogP contribution in [-0.4, -0.2) is 28.2 Å². The molecule has 0 aliphatic heterocycles. The summed E-state index contributed by atoms with van der Waals surface area (Å²) in [7, 11) is 0. The highest BCUT2D eigenvalue weighted by Gasteiger charge is 2.51. The molecule has 1 N–H and O–H groups in total. The number of nitrogens with one attached hydrogen (secondary N) is 1. The average Bonchev–Trinajstić information content (AvgIpc) is 2.76. The molecule has 4 fully saturated rings. The van der Waals surface area contributed by atoms with Crippen molar-refractivity contribution in [3.05, 3.63) is 59.9 Å². The van der Waals surface area contributed by atoms with Crippen molar-refractivity contribution in [1.82, 2.24) is 10.3 Å². The Morgan fingerprint density at radius 3 is 2.35 bits per heavy atom. The number of benzene rings is 1. The standard InChI is InChI=1S/C25H28N2O3S/c28-23(27-25-12-17-9-18(13-25)11-19(10-17)14-25)16-31-22-7-2-1-6-21(22)24(29)30-15-20-5-3-4-8-26-20/h1-8,17-19H,9-16H2,(H,27,28). The predicted octanol–water partition coefficient (Wildman–Crippen LogP) is 4.62. The molecule has 0 spiro atoms. The zero-order chi connectivity index (χ0) is 21.3. The Kier molecular flexibility index (Phi) is 5.74. The molecule has 4 saturated carbocycles. The van der Waals surface area contributed by atoms with E-state index in [9.17, 15) is 9.59 Å². The monoisotopic (exact) mass is 436 g/mol. The lowest BCUT2D eigenvalue weighted by molar-refractivity contribution is -0.124. The number of carbonyl (C=O) groups excluding carboxylic acids is 2. The maximum absolute atomic E-state index is 12.8. The van der Waals surface area contributed by atoms with Gasteiger partial charge in [-0.05, 0) is 80.5 Å². The number of pyridine rings is 1. The van der Waals surface area contributed by atoms with Crippen LogP contribution in [0.5, 0.6) is 0 Å². The summed E-state index contributed by atoms with van der Waals surface area (Å²) in [6.45, 7) is 0.130. The van der Waals surface area contributed by atoms with Gasteiger partial charge in [-0.2, -0.15) is 0 Å². The molecular formula is C25H28N2O3S. The van der Waals surface area contributed by atoms with Crippen LogP contribution < -0.4 is 5.32 Å². The van der Waals surface area contributed by atoms with Crippen molar-refractivity contribution in [3.8, 4) is 0 Å². The van der Waals surface area contributed by atoms with Crippen molar-refractivity contribution in [1.29, 1.82) is 0 Å². The molecule has 1 heterocycles. The second kappa shape index (κ2) is 8.65. The zero-order valence-corrected chi connectivity index (χ0v) is 18.4. The normalized spacial score (nSPS) is 28.3. The van der Waals surface area contributed by atoms with Crippen molar-refractivity contribution in [2.45, 2.75) is 55.6 Å². The van der Waals surface area contributed by atoms with Crippen LogP contribution in [-0.2, 0) is 16.1 Å². The minimum Gasteiger partial charge on any atom is -0.456 e. The van der Waals surface area contributed by atoms with Gasteiger partial charge in [0, 0.05) is 16.6 Å². The van der Waals surface area contributed by atoms with Crippen LogP contribution in [0.3, 0.4) is 0 Å². The van der Waals surface area contributed by atoms with E-state index in [1.165, 1.54) is 31.0 Å². The van der Waals surface area contributed by atoms with E-state index in [2.05, 4.69) is 10.3 Å². The molecule has 4 aliphatic rings. The molecule has 0 unspecified atom stereocenters. The van der Waals surface area contributed by atoms with Gasteiger partial charge in [-0.1, -0.05) is 18.2 Å². The maximum Gasteiger partial charge on any atom is 0.339 e. The van der Waals surface area contributed by atoms with Crippen molar-refractivity contribution in [2.24, 2.45) is 17.8 Å². The van der Waals surface area contributed by atoms with E-state index in [-0.39, 0.29) is 18.1 Å². The molecule has 4 bridgehead atoms. The number of amides is 1. The Bertz CT molecular complexity index is 927. The third-order valence-corrected chi connectivity index (χ3v) is 8.06. The van der Waals surface area contributed by atoms with Crippen molar-refractivity contribution in [2.75, 3.05) is 5.75 Å². The van der Waals surface area contributed by atoms with Crippen LogP contribution in [0.25, 0.3) is 0 Å². The van der Waals surface area contributed by atoms with E-state index < -0.39 is 5.97 Å². The molecule has 1 aromatic carbocycles. The van der Waals surface area contributed by atoms with Gasteiger partial charge in [0.1, 0.15) is 6.61 Å². The molecule has 162 valence electrons. The van der Waals surface area contributed by atoms with Crippen LogP contribution >= 0.6 is 11.8 Å². The number of ether oxygens (including phenoxy) is 1. The van der Waals surface area contributed by atoms with Gasteiger partial charge in [-0.3, -0.25) is 9.78 Å². The molecule has 6 heteroatoms. The summed E-state index contributed by atoms with van der Waals surface area (Å²) in [4.78, 5) is 30.4. The number of hydrogen-bond acceptors (Lipinski definition) is 5. The minimum atomic E-state index is -0.393. The highest BCUT2D eigenvalue weighted by atomic mass is 32.2. The van der Waals surface area contributed by atoms with Gasteiger partial charge >= 0.3 is 5.97 Å². The summed E-state index contributed by atoms with van der Waals surface area (Å²) >= 11 is 1.41. The Labute approximate surface area is 187 Å². The molecule has 1 aromatic heterocycles. The second-order valence-electron chi connectivity index (χ2n) is 9.43. The van der Waals surface area contributed by atoms with Gasteiger partial charge in [0.2, 0.25) is 5.91 Å². The predicted molar refractivity (Wildman–Crippen MR) is 120 cm³/mol. The van der Waals surface area contributed by atoms with E-state index in [0.717, 1.165) is 41.9 Å². The van der Waals surface area contributed by atoms with Crippen molar-refractivity contribution >= 4 is 23.6 Å². The Morgan fingerprint density at radius 1 is 1.00 bits per heavy atom. The second-order valence-corrected chi connectivity index (χ2v) is 10.4. The van der Waals surface area contributed by atoms with Crippen LogP contribution in [0, 0.1) is 17.8 Å². The largest absolute Gasteiger partial charge is 0.456 e. The molecule has 4 aliphatic carbocycles. The highest BCUT2D eigenvalue weighted by molar-refractivity contribution is 8.00. The Morgan fingerprint density at radius 2 is 1.68 bits per heavy atom. The molecule has 6 rings (SSSR count). The third-order valence-electron chi connectivity index (χ3n) is 6.99. The summed E-state index contributed by atoms with van der Waals surface area (Å²) < 4.78 is 5.44. The van der Waals surface area contributed by atoms with E-state index in [1.807, 2.05) is 36.4 Å². The molecule has 0 radical (unpaired) electrons. The van der Waals surface area contributed by atoms with Crippen LogP contribution in [0.15, 0.2) is 53.6 Å². The fraction of sp³-hybridized carbons (Fsp3) is 0.480. The Hall–Kier alpha value is -2.34. The van der Waals surface area contributed by atoms with Crippen LogP contribution in [0.1, 0.15) is 54.6 Å². The molecular weight excluding hydrogens is 408 g/mol.